The molecule has 0 radical (unpaired) electrons. The summed E-state index contributed by atoms with van der Waals surface area (Å²) in [5, 5.41) is 18.5. The number of aliphatic hydroxyl groups excluding tert-OH is 1. The van der Waals surface area contributed by atoms with Crippen LogP contribution in [0.4, 0.5) is 0 Å². The zero-order chi connectivity index (χ0) is 10.1. The molecule has 0 heterocycles. The second-order valence-electron chi connectivity index (χ2n) is 4.28. The van der Waals surface area contributed by atoms with Crippen LogP contribution in [-0.2, 0) is 4.74 Å². The third-order valence-electron chi connectivity index (χ3n) is 2.34. The Morgan fingerprint density at radius 2 is 2.08 bits per heavy atom. The predicted molar refractivity (Wildman–Crippen MR) is 49.0 cm³/mol. The summed E-state index contributed by atoms with van der Waals surface area (Å²) < 4.78 is 5.39. The van der Waals surface area contributed by atoms with Crippen molar-refractivity contribution < 1.29 is 14.9 Å². The minimum atomic E-state index is -1.14. The summed E-state index contributed by atoms with van der Waals surface area (Å²) in [7, 11) is 0. The molecule has 1 saturated carbocycles. The van der Waals surface area contributed by atoms with E-state index in [1.165, 1.54) is 0 Å². The third kappa shape index (κ3) is 3.23. The highest BCUT2D eigenvalue weighted by atomic mass is 16.6. The fraction of sp³-hybridized carbons (Fsp3) is 1.00. The van der Waals surface area contributed by atoms with Crippen LogP contribution in [0.15, 0.2) is 0 Å². The zero-order valence-corrected chi connectivity index (χ0v) is 8.23. The van der Waals surface area contributed by atoms with E-state index in [-0.39, 0.29) is 24.7 Å². The molecule has 78 valence electrons. The maximum atomic E-state index is 9.43. The van der Waals surface area contributed by atoms with Gasteiger partial charge < -0.3 is 20.7 Å². The van der Waals surface area contributed by atoms with Gasteiger partial charge in [0.05, 0.1) is 6.10 Å². The molecule has 0 aliphatic heterocycles. The smallest absolute Gasteiger partial charge is 0.160 e. The first kappa shape index (κ1) is 10.9. The normalized spacial score (nSPS) is 35.3. The number of ether oxygens (including phenoxy) is 1. The Labute approximate surface area is 78.7 Å². The maximum absolute atomic E-state index is 9.43. The van der Waals surface area contributed by atoms with Crippen molar-refractivity contribution in [1.29, 1.82) is 0 Å². The SMILES string of the molecule is CC(C)(O)O[C@H]1C[C@H](N)C[C@@H]1CO. The van der Waals surface area contributed by atoms with Crippen molar-refractivity contribution in [1.82, 2.24) is 0 Å². The molecule has 0 aromatic carbocycles. The molecule has 0 saturated heterocycles. The van der Waals surface area contributed by atoms with Crippen molar-refractivity contribution in [2.24, 2.45) is 11.7 Å². The van der Waals surface area contributed by atoms with Crippen LogP contribution < -0.4 is 5.73 Å². The van der Waals surface area contributed by atoms with Gasteiger partial charge in [-0.2, -0.15) is 0 Å². The number of hydrogen-bond acceptors (Lipinski definition) is 4. The number of hydrogen-bond donors (Lipinski definition) is 3. The van der Waals surface area contributed by atoms with Crippen molar-refractivity contribution >= 4 is 0 Å². The Kier molecular flexibility index (Phi) is 3.29. The summed E-state index contributed by atoms with van der Waals surface area (Å²) in [6.07, 6.45) is 1.38. The molecule has 0 spiro atoms. The van der Waals surface area contributed by atoms with Gasteiger partial charge in [-0.3, -0.25) is 0 Å². The van der Waals surface area contributed by atoms with Crippen LogP contribution >= 0.6 is 0 Å². The summed E-state index contributed by atoms with van der Waals surface area (Å²) in [5.41, 5.74) is 5.74. The summed E-state index contributed by atoms with van der Waals surface area (Å²) >= 11 is 0. The molecule has 1 rings (SSSR count). The van der Waals surface area contributed by atoms with Crippen LogP contribution in [0.1, 0.15) is 26.7 Å². The van der Waals surface area contributed by atoms with Gasteiger partial charge in [0.15, 0.2) is 5.79 Å². The molecule has 1 aliphatic carbocycles. The van der Waals surface area contributed by atoms with Crippen molar-refractivity contribution in [2.75, 3.05) is 6.61 Å². The van der Waals surface area contributed by atoms with E-state index in [0.29, 0.717) is 0 Å². The number of rotatable bonds is 3. The van der Waals surface area contributed by atoms with Crippen molar-refractivity contribution in [2.45, 2.75) is 44.6 Å². The minimum absolute atomic E-state index is 0.0708. The van der Waals surface area contributed by atoms with Crippen LogP contribution in [0.2, 0.25) is 0 Å². The summed E-state index contributed by atoms with van der Waals surface area (Å²) in [4.78, 5) is 0. The molecule has 1 fully saturated rings. The van der Waals surface area contributed by atoms with Gasteiger partial charge in [0.1, 0.15) is 0 Å². The lowest BCUT2D eigenvalue weighted by atomic mass is 10.1. The van der Waals surface area contributed by atoms with Gasteiger partial charge in [-0.05, 0) is 26.7 Å². The Bertz CT molecular complexity index is 167. The number of aliphatic hydroxyl groups is 2. The zero-order valence-electron chi connectivity index (χ0n) is 8.23. The van der Waals surface area contributed by atoms with Crippen LogP contribution in [0.5, 0.6) is 0 Å². The first-order valence-electron chi connectivity index (χ1n) is 4.69. The average Bonchev–Trinajstić information content (AvgIpc) is 2.27. The minimum Gasteiger partial charge on any atom is -0.396 e. The van der Waals surface area contributed by atoms with Gasteiger partial charge in [-0.15, -0.1) is 0 Å². The lowest BCUT2D eigenvalue weighted by molar-refractivity contribution is -0.214. The first-order valence-corrected chi connectivity index (χ1v) is 4.69. The van der Waals surface area contributed by atoms with Gasteiger partial charge in [-0.25, -0.2) is 0 Å². The Balaban J connectivity index is 2.49. The molecular weight excluding hydrogens is 170 g/mol. The van der Waals surface area contributed by atoms with E-state index in [1.807, 2.05) is 0 Å². The van der Waals surface area contributed by atoms with Gasteiger partial charge >= 0.3 is 0 Å². The van der Waals surface area contributed by atoms with Crippen LogP contribution in [0.25, 0.3) is 0 Å². The van der Waals surface area contributed by atoms with Gasteiger partial charge in [0, 0.05) is 18.6 Å². The average molecular weight is 189 g/mol. The number of nitrogens with two attached hydrogens (primary N) is 1. The summed E-state index contributed by atoms with van der Waals surface area (Å²) in [5.74, 6) is -1.07. The Morgan fingerprint density at radius 3 is 2.54 bits per heavy atom. The standard InChI is InChI=1S/C9H19NO3/c1-9(2,12)13-8-4-7(10)3-6(8)5-11/h6-8,11-12H,3-5,10H2,1-2H3/t6-,7-,8+/m1/s1. The van der Waals surface area contributed by atoms with Crippen molar-refractivity contribution in [3.63, 3.8) is 0 Å². The highest BCUT2D eigenvalue weighted by molar-refractivity contribution is 4.86. The fourth-order valence-corrected chi connectivity index (χ4v) is 1.83. The molecule has 1 aliphatic rings. The largest absolute Gasteiger partial charge is 0.396 e. The van der Waals surface area contributed by atoms with E-state index < -0.39 is 5.79 Å². The molecule has 3 atom stereocenters. The van der Waals surface area contributed by atoms with E-state index >= 15 is 0 Å². The summed E-state index contributed by atoms with van der Waals surface area (Å²) in [6.45, 7) is 3.25. The monoisotopic (exact) mass is 189 g/mol. The molecule has 0 bridgehead atoms. The van der Waals surface area contributed by atoms with E-state index in [4.69, 9.17) is 15.6 Å². The van der Waals surface area contributed by atoms with Crippen molar-refractivity contribution in [3.8, 4) is 0 Å². The van der Waals surface area contributed by atoms with E-state index in [0.717, 1.165) is 12.8 Å². The van der Waals surface area contributed by atoms with Crippen LogP contribution in [0, 0.1) is 5.92 Å². The second kappa shape index (κ2) is 3.92. The first-order chi connectivity index (χ1) is 5.92. The molecule has 0 aromatic heterocycles. The van der Waals surface area contributed by atoms with Crippen LogP contribution in [-0.4, -0.2) is 34.8 Å². The van der Waals surface area contributed by atoms with Gasteiger partial charge in [-0.1, -0.05) is 0 Å². The molecule has 0 aromatic rings. The third-order valence-corrected chi connectivity index (χ3v) is 2.34. The fourth-order valence-electron chi connectivity index (χ4n) is 1.83. The molecule has 0 unspecified atom stereocenters. The van der Waals surface area contributed by atoms with E-state index in [2.05, 4.69) is 0 Å². The molecule has 4 N–H and O–H groups in total. The van der Waals surface area contributed by atoms with Gasteiger partial charge in [0.25, 0.3) is 0 Å². The molecule has 13 heavy (non-hydrogen) atoms. The molecule has 0 amide bonds. The second-order valence-corrected chi connectivity index (χ2v) is 4.28. The van der Waals surface area contributed by atoms with E-state index in [9.17, 15) is 5.11 Å². The highest BCUT2D eigenvalue weighted by Gasteiger charge is 2.35. The quantitative estimate of drug-likeness (QED) is 0.539. The Hall–Kier alpha value is -0.160. The van der Waals surface area contributed by atoms with E-state index in [1.54, 1.807) is 13.8 Å². The topological polar surface area (TPSA) is 75.7 Å². The lowest BCUT2D eigenvalue weighted by Crippen LogP contribution is -2.33. The van der Waals surface area contributed by atoms with Crippen molar-refractivity contribution in [3.05, 3.63) is 0 Å². The lowest BCUT2D eigenvalue weighted by Gasteiger charge is -2.26. The van der Waals surface area contributed by atoms with Crippen LogP contribution in [0.3, 0.4) is 0 Å². The molecule has 4 nitrogen and oxygen atoms in total. The molecule has 4 heteroatoms. The highest BCUT2D eigenvalue weighted by Crippen LogP contribution is 2.29. The predicted octanol–water partition coefficient (Wildman–Crippen LogP) is -0.170. The van der Waals surface area contributed by atoms with Gasteiger partial charge in [0.2, 0.25) is 0 Å². The Morgan fingerprint density at radius 1 is 1.46 bits per heavy atom. The molecular formula is C9H19NO3. The summed E-state index contributed by atoms with van der Waals surface area (Å²) in [6, 6.07) is 0.0875. The maximum Gasteiger partial charge on any atom is 0.160 e.